The highest BCUT2D eigenvalue weighted by atomic mass is 16.5. The van der Waals surface area contributed by atoms with Crippen molar-refractivity contribution in [1.29, 1.82) is 0 Å². The van der Waals surface area contributed by atoms with Gasteiger partial charge in [-0.05, 0) is 60.9 Å². The number of hydrogen-bond donors (Lipinski definition) is 2. The van der Waals surface area contributed by atoms with Gasteiger partial charge in [-0.3, -0.25) is 9.59 Å². The Labute approximate surface area is 193 Å². The molecule has 0 unspecified atom stereocenters. The van der Waals surface area contributed by atoms with Crippen LogP contribution in [0.4, 0.5) is 5.69 Å². The lowest BCUT2D eigenvalue weighted by molar-refractivity contribution is -0.121. The third-order valence-electron chi connectivity index (χ3n) is 7.79. The number of benzene rings is 2. The first-order valence-electron chi connectivity index (χ1n) is 12.1. The number of nitrogens with zero attached hydrogens (tertiary/aromatic N) is 1. The van der Waals surface area contributed by atoms with Gasteiger partial charge in [0.1, 0.15) is 0 Å². The Morgan fingerprint density at radius 2 is 1.97 bits per heavy atom. The second-order valence-electron chi connectivity index (χ2n) is 9.65. The second-order valence-corrected chi connectivity index (χ2v) is 9.65. The minimum Gasteiger partial charge on any atom is -0.376 e. The summed E-state index contributed by atoms with van der Waals surface area (Å²) in [7, 11) is 0. The van der Waals surface area contributed by atoms with Crippen molar-refractivity contribution in [3.8, 4) is 0 Å². The van der Waals surface area contributed by atoms with Crippen molar-refractivity contribution in [3.63, 3.8) is 0 Å². The number of carbonyl (C=O) groups is 2. The van der Waals surface area contributed by atoms with Gasteiger partial charge in [-0.1, -0.05) is 37.1 Å². The number of rotatable bonds is 4. The van der Waals surface area contributed by atoms with Crippen molar-refractivity contribution in [2.75, 3.05) is 18.5 Å². The van der Waals surface area contributed by atoms with E-state index in [2.05, 4.69) is 10.3 Å². The Bertz CT molecular complexity index is 1200. The van der Waals surface area contributed by atoms with E-state index in [0.29, 0.717) is 12.1 Å². The van der Waals surface area contributed by atoms with Crippen LogP contribution in [0.15, 0.2) is 54.7 Å². The third kappa shape index (κ3) is 3.35. The number of nitrogens with one attached hydrogen (secondary N) is 2. The standard InChI is InChI=1S/C27H29N3O3/c31-25(29-19-10-9-18-11-14-28-23(18)16-19)24-21-7-1-2-8-22(21)26(32)30(17-20-6-5-15-33-20)27(24)12-3-4-13-27/h1-2,7-11,14,16,20,24,28H,3-6,12-13,15,17H2,(H,29,31)/t20-,24+/m0/s1. The van der Waals surface area contributed by atoms with Gasteiger partial charge in [-0.25, -0.2) is 0 Å². The number of aromatic amines is 1. The molecule has 2 aliphatic heterocycles. The lowest BCUT2D eigenvalue weighted by atomic mass is 9.71. The predicted octanol–water partition coefficient (Wildman–Crippen LogP) is 4.84. The summed E-state index contributed by atoms with van der Waals surface area (Å²) in [4.78, 5) is 32.9. The first-order valence-corrected chi connectivity index (χ1v) is 12.1. The third-order valence-corrected chi connectivity index (χ3v) is 7.79. The van der Waals surface area contributed by atoms with Gasteiger partial charge >= 0.3 is 0 Å². The van der Waals surface area contributed by atoms with E-state index in [1.165, 1.54) is 0 Å². The number of H-pyrrole nitrogens is 1. The molecule has 6 rings (SSSR count). The summed E-state index contributed by atoms with van der Waals surface area (Å²) in [5, 5.41) is 4.29. The Morgan fingerprint density at radius 3 is 2.79 bits per heavy atom. The van der Waals surface area contributed by atoms with E-state index in [1.807, 2.05) is 59.6 Å². The van der Waals surface area contributed by atoms with Crippen LogP contribution in [0, 0.1) is 0 Å². The second kappa shape index (κ2) is 8.03. The van der Waals surface area contributed by atoms with Crippen LogP contribution in [0.3, 0.4) is 0 Å². The van der Waals surface area contributed by atoms with E-state index >= 15 is 0 Å². The first kappa shape index (κ1) is 20.5. The van der Waals surface area contributed by atoms with Gasteiger partial charge in [0.15, 0.2) is 0 Å². The Morgan fingerprint density at radius 1 is 1.12 bits per heavy atom. The largest absolute Gasteiger partial charge is 0.376 e. The van der Waals surface area contributed by atoms with Gasteiger partial charge in [0, 0.05) is 36.1 Å². The maximum absolute atomic E-state index is 14.0. The number of carbonyl (C=O) groups excluding carboxylic acids is 2. The molecule has 1 saturated heterocycles. The molecule has 3 aromatic rings. The van der Waals surface area contributed by atoms with Crippen molar-refractivity contribution in [3.05, 3.63) is 65.9 Å². The van der Waals surface area contributed by atoms with Gasteiger partial charge in [0.05, 0.1) is 17.6 Å². The van der Waals surface area contributed by atoms with E-state index in [1.54, 1.807) is 0 Å². The molecule has 3 heterocycles. The molecule has 0 radical (unpaired) electrons. The lowest BCUT2D eigenvalue weighted by Gasteiger charge is -2.50. The van der Waals surface area contributed by atoms with Gasteiger partial charge in [-0.15, -0.1) is 0 Å². The molecular weight excluding hydrogens is 414 g/mol. The number of amides is 2. The molecule has 2 amide bonds. The Hall–Kier alpha value is -3.12. The SMILES string of the molecule is O=C(Nc1ccc2cc[nH]c2c1)[C@H]1c2ccccc2C(=O)N(C[C@@H]2CCCO2)C12CCCC2. The highest BCUT2D eigenvalue weighted by Crippen LogP contribution is 2.51. The van der Waals surface area contributed by atoms with Crippen LogP contribution in [0.5, 0.6) is 0 Å². The number of hydrogen-bond acceptors (Lipinski definition) is 3. The highest BCUT2D eigenvalue weighted by Gasteiger charge is 2.56. The van der Waals surface area contributed by atoms with Gasteiger partial charge in [0.25, 0.3) is 5.91 Å². The molecule has 2 fully saturated rings. The van der Waals surface area contributed by atoms with Crippen molar-refractivity contribution >= 4 is 28.4 Å². The zero-order chi connectivity index (χ0) is 22.4. The fourth-order valence-electron chi connectivity index (χ4n) is 6.26. The van der Waals surface area contributed by atoms with E-state index in [0.717, 1.165) is 67.3 Å². The van der Waals surface area contributed by atoms with E-state index in [4.69, 9.17) is 4.74 Å². The summed E-state index contributed by atoms with van der Waals surface area (Å²) in [6.07, 6.45) is 7.67. The summed E-state index contributed by atoms with van der Waals surface area (Å²) >= 11 is 0. The minimum absolute atomic E-state index is 0.0415. The predicted molar refractivity (Wildman–Crippen MR) is 127 cm³/mol. The van der Waals surface area contributed by atoms with Gasteiger partial charge in [0.2, 0.25) is 5.91 Å². The number of anilines is 1. The minimum atomic E-state index is -0.502. The maximum atomic E-state index is 14.0. The molecule has 6 nitrogen and oxygen atoms in total. The summed E-state index contributed by atoms with van der Waals surface area (Å²) < 4.78 is 5.92. The molecule has 2 N–H and O–H groups in total. The molecule has 2 aromatic carbocycles. The molecule has 1 aromatic heterocycles. The lowest BCUT2D eigenvalue weighted by Crippen LogP contribution is -2.61. The van der Waals surface area contributed by atoms with Crippen LogP contribution in [0.2, 0.25) is 0 Å². The van der Waals surface area contributed by atoms with E-state index in [-0.39, 0.29) is 17.9 Å². The average Bonchev–Trinajstić information content (AvgIpc) is 3.59. The summed E-state index contributed by atoms with van der Waals surface area (Å²) in [6.45, 7) is 1.31. The molecule has 3 aliphatic rings. The topological polar surface area (TPSA) is 74.4 Å². The first-order chi connectivity index (χ1) is 16.2. The van der Waals surface area contributed by atoms with Crippen molar-refractivity contribution in [2.45, 2.75) is 56.1 Å². The molecular formula is C27H29N3O3. The molecule has 1 saturated carbocycles. The van der Waals surface area contributed by atoms with Crippen LogP contribution in [-0.2, 0) is 9.53 Å². The van der Waals surface area contributed by atoms with Crippen LogP contribution < -0.4 is 5.32 Å². The van der Waals surface area contributed by atoms with Crippen LogP contribution in [0.1, 0.15) is 60.4 Å². The molecule has 170 valence electrons. The van der Waals surface area contributed by atoms with Crippen LogP contribution >= 0.6 is 0 Å². The zero-order valence-electron chi connectivity index (χ0n) is 18.7. The smallest absolute Gasteiger partial charge is 0.254 e. The summed E-state index contributed by atoms with van der Waals surface area (Å²) in [5.41, 5.74) is 2.75. The quantitative estimate of drug-likeness (QED) is 0.606. The molecule has 1 spiro atoms. The number of ether oxygens (including phenoxy) is 1. The fourth-order valence-corrected chi connectivity index (χ4v) is 6.26. The van der Waals surface area contributed by atoms with Crippen molar-refractivity contribution in [1.82, 2.24) is 9.88 Å². The Kier molecular flexibility index (Phi) is 4.98. The number of fused-ring (bicyclic) bond motifs is 2. The fraction of sp³-hybridized carbons (Fsp3) is 0.407. The molecule has 1 aliphatic carbocycles. The zero-order valence-corrected chi connectivity index (χ0v) is 18.7. The summed E-state index contributed by atoms with van der Waals surface area (Å²) in [5.74, 6) is -0.408. The molecule has 2 atom stereocenters. The van der Waals surface area contributed by atoms with Gasteiger partial charge < -0.3 is 19.9 Å². The molecule has 6 heteroatoms. The van der Waals surface area contributed by atoms with Gasteiger partial charge in [-0.2, -0.15) is 0 Å². The van der Waals surface area contributed by atoms with Crippen molar-refractivity contribution < 1.29 is 14.3 Å². The maximum Gasteiger partial charge on any atom is 0.254 e. The number of aromatic nitrogens is 1. The average molecular weight is 444 g/mol. The van der Waals surface area contributed by atoms with E-state index in [9.17, 15) is 9.59 Å². The molecule has 33 heavy (non-hydrogen) atoms. The van der Waals surface area contributed by atoms with Crippen LogP contribution in [0.25, 0.3) is 10.9 Å². The van der Waals surface area contributed by atoms with E-state index < -0.39 is 11.5 Å². The monoisotopic (exact) mass is 443 g/mol. The van der Waals surface area contributed by atoms with Crippen LogP contribution in [-0.4, -0.2) is 46.5 Å². The highest BCUT2D eigenvalue weighted by molar-refractivity contribution is 6.05. The van der Waals surface area contributed by atoms with Crippen molar-refractivity contribution in [2.24, 2.45) is 0 Å². The normalized spacial score (nSPS) is 23.9. The molecule has 0 bridgehead atoms. The Balaban J connectivity index is 1.41. The summed E-state index contributed by atoms with van der Waals surface area (Å²) in [6, 6.07) is 15.6.